The fourth-order valence-electron chi connectivity index (χ4n) is 3.46. The van der Waals surface area contributed by atoms with Crippen molar-refractivity contribution in [3.8, 4) is 5.75 Å². The number of hydrogen-bond acceptors (Lipinski definition) is 5. The normalized spacial score (nSPS) is 23.3. The first-order valence-corrected chi connectivity index (χ1v) is 9.11. The molecule has 1 saturated carbocycles. The third-order valence-electron chi connectivity index (χ3n) is 4.92. The van der Waals surface area contributed by atoms with Crippen LogP contribution in [0.1, 0.15) is 49.4 Å². The SMILES string of the molecule is CCCO[C@@H]1CC[C@H](C(=O)NCc2ncc(C)c(OC)c2C)C[C@H]1N. The van der Waals surface area contributed by atoms with E-state index in [4.69, 9.17) is 15.2 Å². The number of carbonyl (C=O) groups is 1. The van der Waals surface area contributed by atoms with Gasteiger partial charge in [0.15, 0.2) is 0 Å². The number of nitrogens with two attached hydrogens (primary N) is 1. The molecule has 1 aliphatic carbocycles. The van der Waals surface area contributed by atoms with Gasteiger partial charge in [0.1, 0.15) is 5.75 Å². The Morgan fingerprint density at radius 2 is 2.16 bits per heavy atom. The average molecular weight is 349 g/mol. The third-order valence-corrected chi connectivity index (χ3v) is 4.92. The second-order valence-corrected chi connectivity index (χ2v) is 6.85. The van der Waals surface area contributed by atoms with Gasteiger partial charge in [0.05, 0.1) is 25.5 Å². The molecular formula is C19H31N3O3. The second kappa shape index (κ2) is 9.15. The lowest BCUT2D eigenvalue weighted by Gasteiger charge is -2.33. The monoisotopic (exact) mass is 349 g/mol. The fraction of sp³-hybridized carbons (Fsp3) is 0.684. The summed E-state index contributed by atoms with van der Waals surface area (Å²) in [5, 5.41) is 3.01. The molecule has 140 valence electrons. The van der Waals surface area contributed by atoms with E-state index in [-0.39, 0.29) is 24.0 Å². The summed E-state index contributed by atoms with van der Waals surface area (Å²) < 4.78 is 11.2. The number of nitrogens with one attached hydrogen (secondary N) is 1. The molecule has 1 aromatic rings. The zero-order chi connectivity index (χ0) is 18.4. The lowest BCUT2D eigenvalue weighted by atomic mass is 9.83. The van der Waals surface area contributed by atoms with E-state index in [0.717, 1.165) is 48.4 Å². The van der Waals surface area contributed by atoms with Crippen molar-refractivity contribution in [1.82, 2.24) is 10.3 Å². The van der Waals surface area contributed by atoms with Crippen molar-refractivity contribution < 1.29 is 14.3 Å². The Bertz CT molecular complexity index is 592. The van der Waals surface area contributed by atoms with E-state index in [9.17, 15) is 4.79 Å². The van der Waals surface area contributed by atoms with Gasteiger partial charge in [0, 0.05) is 35.9 Å². The highest BCUT2D eigenvalue weighted by Gasteiger charge is 2.32. The summed E-state index contributed by atoms with van der Waals surface area (Å²) in [4.78, 5) is 16.9. The van der Waals surface area contributed by atoms with Gasteiger partial charge in [-0.3, -0.25) is 9.78 Å². The van der Waals surface area contributed by atoms with E-state index in [1.54, 1.807) is 13.3 Å². The molecule has 1 fully saturated rings. The molecule has 0 aliphatic heterocycles. The Morgan fingerprint density at radius 3 is 2.80 bits per heavy atom. The highest BCUT2D eigenvalue weighted by molar-refractivity contribution is 5.78. The van der Waals surface area contributed by atoms with E-state index in [1.807, 2.05) is 13.8 Å². The van der Waals surface area contributed by atoms with E-state index < -0.39 is 0 Å². The Kier molecular flexibility index (Phi) is 7.20. The summed E-state index contributed by atoms with van der Waals surface area (Å²) in [5.41, 5.74) is 8.99. The van der Waals surface area contributed by atoms with E-state index in [2.05, 4.69) is 17.2 Å². The van der Waals surface area contributed by atoms with Crippen LogP contribution in [0.15, 0.2) is 6.20 Å². The molecule has 0 spiro atoms. The highest BCUT2D eigenvalue weighted by Crippen LogP contribution is 2.27. The zero-order valence-corrected chi connectivity index (χ0v) is 15.8. The maximum Gasteiger partial charge on any atom is 0.223 e. The Hall–Kier alpha value is -1.66. The first kappa shape index (κ1) is 19.7. The Morgan fingerprint density at radius 1 is 1.40 bits per heavy atom. The molecule has 0 bridgehead atoms. The number of methoxy groups -OCH3 is 1. The largest absolute Gasteiger partial charge is 0.496 e. The first-order valence-electron chi connectivity index (χ1n) is 9.11. The van der Waals surface area contributed by atoms with Crippen molar-refractivity contribution in [3.63, 3.8) is 0 Å². The van der Waals surface area contributed by atoms with Crippen molar-refractivity contribution in [2.24, 2.45) is 11.7 Å². The highest BCUT2D eigenvalue weighted by atomic mass is 16.5. The minimum Gasteiger partial charge on any atom is -0.496 e. The molecule has 0 unspecified atom stereocenters. The van der Waals surface area contributed by atoms with Crippen molar-refractivity contribution in [3.05, 3.63) is 23.0 Å². The number of ether oxygens (including phenoxy) is 2. The van der Waals surface area contributed by atoms with E-state index >= 15 is 0 Å². The van der Waals surface area contributed by atoms with Crippen molar-refractivity contribution in [2.75, 3.05) is 13.7 Å². The average Bonchev–Trinajstić information content (AvgIpc) is 2.60. The number of aryl methyl sites for hydroxylation is 1. The lowest BCUT2D eigenvalue weighted by molar-refractivity contribution is -0.127. The minimum atomic E-state index is -0.0737. The van der Waals surface area contributed by atoms with Crippen LogP contribution in [0.4, 0.5) is 0 Å². The van der Waals surface area contributed by atoms with E-state index in [0.29, 0.717) is 13.0 Å². The smallest absolute Gasteiger partial charge is 0.223 e. The van der Waals surface area contributed by atoms with Gasteiger partial charge in [-0.05, 0) is 39.5 Å². The number of pyridine rings is 1. The summed E-state index contributed by atoms with van der Waals surface area (Å²) in [6, 6.07) is -0.0737. The Labute approximate surface area is 150 Å². The van der Waals surface area contributed by atoms with E-state index in [1.165, 1.54) is 0 Å². The third kappa shape index (κ3) is 4.92. The Balaban J connectivity index is 1.89. The van der Waals surface area contributed by atoms with Crippen LogP contribution in [0.2, 0.25) is 0 Å². The molecule has 2 rings (SSSR count). The molecule has 0 saturated heterocycles. The van der Waals surface area contributed by atoms with Crippen LogP contribution in [0, 0.1) is 19.8 Å². The van der Waals surface area contributed by atoms with Crippen LogP contribution in [0.25, 0.3) is 0 Å². The van der Waals surface area contributed by atoms with Crippen LogP contribution in [-0.4, -0.2) is 36.8 Å². The molecule has 1 heterocycles. The molecule has 0 radical (unpaired) electrons. The van der Waals surface area contributed by atoms with Gasteiger partial charge in [-0.25, -0.2) is 0 Å². The fourth-order valence-corrected chi connectivity index (χ4v) is 3.46. The molecule has 1 aromatic heterocycles. The number of carbonyl (C=O) groups excluding carboxylic acids is 1. The van der Waals surface area contributed by atoms with Crippen LogP contribution in [0.3, 0.4) is 0 Å². The van der Waals surface area contributed by atoms with Crippen molar-refractivity contribution >= 4 is 5.91 Å². The predicted molar refractivity (Wildman–Crippen MR) is 97.5 cm³/mol. The zero-order valence-electron chi connectivity index (χ0n) is 15.8. The van der Waals surface area contributed by atoms with Crippen LogP contribution in [0.5, 0.6) is 5.75 Å². The molecule has 1 amide bonds. The van der Waals surface area contributed by atoms with Crippen LogP contribution < -0.4 is 15.8 Å². The van der Waals surface area contributed by atoms with Crippen LogP contribution >= 0.6 is 0 Å². The number of hydrogen-bond donors (Lipinski definition) is 2. The first-order chi connectivity index (χ1) is 12.0. The standard InChI is InChI=1S/C19H31N3O3/c1-5-8-25-17-7-6-14(9-15(17)20)19(23)22-11-16-13(3)18(24-4)12(2)10-21-16/h10,14-15,17H,5-9,11,20H2,1-4H3,(H,22,23)/t14-,15+,17+/m0/s1. The van der Waals surface area contributed by atoms with Crippen molar-refractivity contribution in [2.45, 2.75) is 65.1 Å². The quantitative estimate of drug-likeness (QED) is 0.788. The van der Waals surface area contributed by atoms with Gasteiger partial charge >= 0.3 is 0 Å². The summed E-state index contributed by atoms with van der Waals surface area (Å²) in [7, 11) is 1.65. The number of amides is 1. The van der Waals surface area contributed by atoms with Gasteiger partial charge in [-0.2, -0.15) is 0 Å². The summed E-state index contributed by atoms with van der Waals surface area (Å²) in [6.45, 7) is 7.15. The van der Waals surface area contributed by atoms with Gasteiger partial charge in [-0.1, -0.05) is 6.92 Å². The molecule has 25 heavy (non-hydrogen) atoms. The maximum atomic E-state index is 12.5. The second-order valence-electron chi connectivity index (χ2n) is 6.85. The molecule has 0 aromatic carbocycles. The molecule has 6 heteroatoms. The molecule has 3 N–H and O–H groups in total. The summed E-state index contributed by atoms with van der Waals surface area (Å²) >= 11 is 0. The topological polar surface area (TPSA) is 86.5 Å². The predicted octanol–water partition coefficient (Wildman–Crippen LogP) is 2.25. The summed E-state index contributed by atoms with van der Waals surface area (Å²) in [6.07, 6.45) is 5.17. The number of aromatic nitrogens is 1. The van der Waals surface area contributed by atoms with Gasteiger partial charge in [0.2, 0.25) is 5.91 Å². The van der Waals surface area contributed by atoms with Gasteiger partial charge < -0.3 is 20.5 Å². The minimum absolute atomic E-state index is 0.0464. The van der Waals surface area contributed by atoms with Gasteiger partial charge in [-0.15, -0.1) is 0 Å². The maximum absolute atomic E-state index is 12.5. The number of nitrogens with zero attached hydrogens (tertiary/aromatic N) is 1. The summed E-state index contributed by atoms with van der Waals surface area (Å²) in [5.74, 6) is 0.823. The van der Waals surface area contributed by atoms with Gasteiger partial charge in [0.25, 0.3) is 0 Å². The molecule has 6 nitrogen and oxygen atoms in total. The molecule has 1 aliphatic rings. The lowest BCUT2D eigenvalue weighted by Crippen LogP contribution is -2.46. The number of rotatable bonds is 7. The van der Waals surface area contributed by atoms with Crippen molar-refractivity contribution in [1.29, 1.82) is 0 Å². The molecule has 3 atom stereocenters. The van der Waals surface area contributed by atoms with Crippen LogP contribution in [-0.2, 0) is 16.1 Å². The molecular weight excluding hydrogens is 318 g/mol.